The number of alkyl carbamates (subject to hydrolysis) is 1. The molecule has 2 rings (SSSR count). The van der Waals surface area contributed by atoms with Crippen molar-refractivity contribution < 1.29 is 19.1 Å². The molecule has 0 saturated heterocycles. The largest absolute Gasteiger partial charge is 0.465 e. The van der Waals surface area contributed by atoms with Crippen LogP contribution in [0.15, 0.2) is 54.6 Å². The minimum absolute atomic E-state index is 0.230. The maximum Gasteiger partial charge on any atom is 0.407 e. The Morgan fingerprint density at radius 3 is 2.27 bits per heavy atom. The van der Waals surface area contributed by atoms with Crippen LogP contribution in [-0.2, 0) is 22.6 Å². The molecule has 1 N–H and O–H groups in total. The van der Waals surface area contributed by atoms with Crippen LogP contribution < -0.4 is 5.32 Å². The van der Waals surface area contributed by atoms with Gasteiger partial charge in [-0.2, -0.15) is 0 Å². The Bertz CT molecular complexity index is 623. The molecule has 114 valence electrons. The molecule has 0 fully saturated rings. The van der Waals surface area contributed by atoms with Crippen molar-refractivity contribution in [1.29, 1.82) is 0 Å². The topological polar surface area (TPSA) is 64.6 Å². The van der Waals surface area contributed by atoms with Crippen LogP contribution in [-0.4, -0.2) is 19.2 Å². The number of rotatable bonds is 5. The maximum atomic E-state index is 11.6. The van der Waals surface area contributed by atoms with Gasteiger partial charge in [-0.3, -0.25) is 0 Å². The summed E-state index contributed by atoms with van der Waals surface area (Å²) in [5, 5.41) is 2.65. The van der Waals surface area contributed by atoms with E-state index in [2.05, 4.69) is 10.1 Å². The number of methoxy groups -OCH3 is 1. The number of carbonyl (C=O) groups is 2. The first-order valence-corrected chi connectivity index (χ1v) is 6.81. The van der Waals surface area contributed by atoms with Gasteiger partial charge in [0.05, 0.1) is 12.7 Å². The second-order valence-electron chi connectivity index (χ2n) is 4.60. The molecule has 0 spiro atoms. The highest BCUT2D eigenvalue weighted by Gasteiger charge is 2.06. The fourth-order valence-electron chi connectivity index (χ4n) is 1.82. The Morgan fingerprint density at radius 2 is 1.64 bits per heavy atom. The number of hydrogen-bond donors (Lipinski definition) is 1. The molecule has 0 heterocycles. The van der Waals surface area contributed by atoms with Crippen molar-refractivity contribution in [2.75, 3.05) is 7.11 Å². The van der Waals surface area contributed by atoms with Crippen LogP contribution in [0.3, 0.4) is 0 Å². The first-order valence-electron chi connectivity index (χ1n) is 6.81. The van der Waals surface area contributed by atoms with E-state index in [0.717, 1.165) is 11.1 Å². The Labute approximate surface area is 128 Å². The molecule has 0 saturated carbocycles. The highest BCUT2D eigenvalue weighted by Crippen LogP contribution is 2.06. The van der Waals surface area contributed by atoms with Crippen LogP contribution in [0.25, 0.3) is 0 Å². The van der Waals surface area contributed by atoms with Crippen LogP contribution in [0, 0.1) is 0 Å². The summed E-state index contributed by atoms with van der Waals surface area (Å²) in [6, 6.07) is 16.3. The van der Waals surface area contributed by atoms with Crippen molar-refractivity contribution in [3.63, 3.8) is 0 Å². The first kappa shape index (κ1) is 15.6. The summed E-state index contributed by atoms with van der Waals surface area (Å²) in [4.78, 5) is 22.9. The average Bonchev–Trinajstić information content (AvgIpc) is 2.58. The fourth-order valence-corrected chi connectivity index (χ4v) is 1.82. The zero-order valence-corrected chi connectivity index (χ0v) is 12.2. The van der Waals surface area contributed by atoms with Gasteiger partial charge in [-0.1, -0.05) is 42.5 Å². The SMILES string of the molecule is COC(=O)c1ccc(CNC(=O)OCc2ccccc2)cc1. The van der Waals surface area contributed by atoms with Crippen LogP contribution in [0.2, 0.25) is 0 Å². The highest BCUT2D eigenvalue weighted by molar-refractivity contribution is 5.89. The molecule has 0 aliphatic rings. The zero-order chi connectivity index (χ0) is 15.8. The first-order chi connectivity index (χ1) is 10.7. The maximum absolute atomic E-state index is 11.6. The standard InChI is InChI=1S/C17H17NO4/c1-21-16(19)15-9-7-13(8-10-15)11-18-17(20)22-12-14-5-3-2-4-6-14/h2-10H,11-12H2,1H3,(H,18,20). The summed E-state index contributed by atoms with van der Waals surface area (Å²) in [6.45, 7) is 0.559. The minimum Gasteiger partial charge on any atom is -0.465 e. The molecular formula is C17H17NO4. The fraction of sp³-hybridized carbons (Fsp3) is 0.176. The van der Waals surface area contributed by atoms with Gasteiger partial charge in [0, 0.05) is 6.54 Å². The van der Waals surface area contributed by atoms with Gasteiger partial charge in [-0.15, -0.1) is 0 Å². The van der Waals surface area contributed by atoms with E-state index in [1.807, 2.05) is 30.3 Å². The van der Waals surface area contributed by atoms with Gasteiger partial charge >= 0.3 is 12.1 Å². The van der Waals surface area contributed by atoms with E-state index in [1.165, 1.54) is 7.11 Å². The molecule has 0 atom stereocenters. The van der Waals surface area contributed by atoms with Crippen LogP contribution in [0.4, 0.5) is 4.79 Å². The molecular weight excluding hydrogens is 282 g/mol. The van der Waals surface area contributed by atoms with Crippen molar-refractivity contribution in [3.05, 3.63) is 71.3 Å². The van der Waals surface area contributed by atoms with Gasteiger partial charge < -0.3 is 14.8 Å². The molecule has 0 bridgehead atoms. The Hall–Kier alpha value is -2.82. The number of hydrogen-bond acceptors (Lipinski definition) is 4. The average molecular weight is 299 g/mol. The Kier molecular flexibility index (Phi) is 5.54. The van der Waals surface area contributed by atoms with Crippen LogP contribution in [0.5, 0.6) is 0 Å². The lowest BCUT2D eigenvalue weighted by Crippen LogP contribution is -2.23. The third-order valence-electron chi connectivity index (χ3n) is 3.02. The molecule has 0 unspecified atom stereocenters. The van der Waals surface area contributed by atoms with E-state index in [9.17, 15) is 9.59 Å². The molecule has 0 aliphatic heterocycles. The number of esters is 1. The minimum atomic E-state index is -0.485. The van der Waals surface area contributed by atoms with Gasteiger partial charge in [0.15, 0.2) is 0 Å². The molecule has 22 heavy (non-hydrogen) atoms. The molecule has 1 amide bonds. The van der Waals surface area contributed by atoms with Gasteiger partial charge in [-0.25, -0.2) is 9.59 Å². The highest BCUT2D eigenvalue weighted by atomic mass is 16.5. The zero-order valence-electron chi connectivity index (χ0n) is 12.2. The van der Waals surface area contributed by atoms with Gasteiger partial charge in [-0.05, 0) is 23.3 Å². The van der Waals surface area contributed by atoms with E-state index in [4.69, 9.17) is 4.74 Å². The van der Waals surface area contributed by atoms with Crippen molar-refractivity contribution in [1.82, 2.24) is 5.32 Å². The van der Waals surface area contributed by atoms with E-state index < -0.39 is 6.09 Å². The molecule has 0 aromatic heterocycles. The Balaban J connectivity index is 1.77. The summed E-state index contributed by atoms with van der Waals surface area (Å²) < 4.78 is 9.72. The second kappa shape index (κ2) is 7.83. The summed E-state index contributed by atoms with van der Waals surface area (Å²) in [6.07, 6.45) is -0.485. The predicted molar refractivity (Wildman–Crippen MR) is 81.2 cm³/mol. The summed E-state index contributed by atoms with van der Waals surface area (Å²) in [5.41, 5.74) is 2.27. The van der Waals surface area contributed by atoms with Crippen molar-refractivity contribution >= 4 is 12.1 Å². The lowest BCUT2D eigenvalue weighted by Gasteiger charge is -2.07. The monoisotopic (exact) mass is 299 g/mol. The van der Waals surface area contributed by atoms with E-state index in [1.54, 1.807) is 24.3 Å². The predicted octanol–water partition coefficient (Wildman–Crippen LogP) is 2.90. The van der Waals surface area contributed by atoms with E-state index >= 15 is 0 Å². The van der Waals surface area contributed by atoms with Crippen molar-refractivity contribution in [2.24, 2.45) is 0 Å². The summed E-state index contributed by atoms with van der Waals surface area (Å²) in [5.74, 6) is -0.387. The third kappa shape index (κ3) is 4.63. The lowest BCUT2D eigenvalue weighted by molar-refractivity contribution is 0.0600. The van der Waals surface area contributed by atoms with Gasteiger partial charge in [0.1, 0.15) is 6.61 Å². The number of ether oxygens (including phenoxy) is 2. The normalized spacial score (nSPS) is 9.86. The smallest absolute Gasteiger partial charge is 0.407 e. The van der Waals surface area contributed by atoms with Crippen molar-refractivity contribution in [2.45, 2.75) is 13.2 Å². The molecule has 5 heteroatoms. The number of benzene rings is 2. The van der Waals surface area contributed by atoms with Crippen molar-refractivity contribution in [3.8, 4) is 0 Å². The van der Waals surface area contributed by atoms with Gasteiger partial charge in [0.25, 0.3) is 0 Å². The van der Waals surface area contributed by atoms with Gasteiger partial charge in [0.2, 0.25) is 0 Å². The Morgan fingerprint density at radius 1 is 0.955 bits per heavy atom. The number of carbonyl (C=O) groups excluding carboxylic acids is 2. The van der Waals surface area contributed by atoms with Crippen LogP contribution >= 0.6 is 0 Å². The summed E-state index contributed by atoms with van der Waals surface area (Å²) in [7, 11) is 1.33. The molecule has 0 radical (unpaired) electrons. The lowest BCUT2D eigenvalue weighted by atomic mass is 10.1. The quantitative estimate of drug-likeness (QED) is 0.862. The number of amides is 1. The van der Waals surface area contributed by atoms with E-state index in [0.29, 0.717) is 12.1 Å². The van der Waals surface area contributed by atoms with E-state index in [-0.39, 0.29) is 12.6 Å². The van der Waals surface area contributed by atoms with Crippen LogP contribution in [0.1, 0.15) is 21.5 Å². The second-order valence-corrected chi connectivity index (χ2v) is 4.60. The molecule has 0 aliphatic carbocycles. The molecule has 2 aromatic rings. The summed E-state index contributed by atoms with van der Waals surface area (Å²) >= 11 is 0. The third-order valence-corrected chi connectivity index (χ3v) is 3.02. The number of nitrogens with one attached hydrogen (secondary N) is 1. The molecule has 2 aromatic carbocycles. The molecule has 5 nitrogen and oxygen atoms in total.